The smallest absolute Gasteiger partial charge is 0.295 e. The standard InChI is InChI=1S/C21H24N4O3S/c1-14-23-20-18(29-13-16-5-3-2-4-6-16)11-17(25(26)27)19(21(20)24-14)22-12-15-7-9-28-10-8-15/h2-6,11,15,22H,7-10,12-13H2,1H3,(H,23,24). The molecule has 1 saturated heterocycles. The first-order valence-corrected chi connectivity index (χ1v) is 10.8. The van der Waals surface area contributed by atoms with E-state index in [9.17, 15) is 10.1 Å². The zero-order valence-electron chi connectivity index (χ0n) is 16.3. The van der Waals surface area contributed by atoms with E-state index in [2.05, 4.69) is 27.4 Å². The summed E-state index contributed by atoms with van der Waals surface area (Å²) in [6.07, 6.45) is 1.93. The van der Waals surface area contributed by atoms with Gasteiger partial charge in [0.15, 0.2) is 0 Å². The Bertz CT molecular complexity index is 1000. The van der Waals surface area contributed by atoms with Crippen LogP contribution in [0.3, 0.4) is 0 Å². The van der Waals surface area contributed by atoms with Crippen LogP contribution in [0.25, 0.3) is 11.0 Å². The predicted molar refractivity (Wildman–Crippen MR) is 116 cm³/mol. The number of aromatic nitrogens is 2. The molecule has 1 fully saturated rings. The highest BCUT2D eigenvalue weighted by Crippen LogP contribution is 2.40. The Morgan fingerprint density at radius 3 is 2.79 bits per heavy atom. The van der Waals surface area contributed by atoms with Crippen LogP contribution in [0.4, 0.5) is 11.4 Å². The first-order chi connectivity index (χ1) is 14.1. The van der Waals surface area contributed by atoms with Crippen molar-refractivity contribution in [3.05, 3.63) is 57.9 Å². The number of aryl methyl sites for hydroxylation is 1. The second kappa shape index (κ2) is 8.84. The number of hydrogen-bond acceptors (Lipinski definition) is 6. The van der Waals surface area contributed by atoms with Crippen molar-refractivity contribution in [3.8, 4) is 0 Å². The molecule has 0 unspecified atom stereocenters. The molecule has 0 spiro atoms. The third-order valence-corrected chi connectivity index (χ3v) is 6.28. The lowest BCUT2D eigenvalue weighted by molar-refractivity contribution is -0.384. The summed E-state index contributed by atoms with van der Waals surface area (Å²) in [5, 5.41) is 15.2. The van der Waals surface area contributed by atoms with E-state index in [4.69, 9.17) is 4.74 Å². The van der Waals surface area contributed by atoms with Crippen molar-refractivity contribution >= 4 is 34.2 Å². The Labute approximate surface area is 173 Å². The van der Waals surface area contributed by atoms with E-state index >= 15 is 0 Å². The third kappa shape index (κ3) is 4.54. The number of fused-ring (bicyclic) bond motifs is 1. The van der Waals surface area contributed by atoms with Gasteiger partial charge in [0, 0.05) is 36.5 Å². The predicted octanol–water partition coefficient (Wildman–Crippen LogP) is 4.91. The molecule has 29 heavy (non-hydrogen) atoms. The number of hydrogen-bond donors (Lipinski definition) is 2. The lowest BCUT2D eigenvalue weighted by Gasteiger charge is -2.22. The monoisotopic (exact) mass is 412 g/mol. The summed E-state index contributed by atoms with van der Waals surface area (Å²) in [6, 6.07) is 11.8. The van der Waals surface area contributed by atoms with Crippen LogP contribution in [-0.2, 0) is 10.5 Å². The van der Waals surface area contributed by atoms with Gasteiger partial charge >= 0.3 is 0 Å². The second-order valence-electron chi connectivity index (χ2n) is 7.28. The number of imidazole rings is 1. The molecule has 2 heterocycles. The molecule has 0 radical (unpaired) electrons. The molecule has 0 saturated carbocycles. The largest absolute Gasteiger partial charge is 0.381 e. The summed E-state index contributed by atoms with van der Waals surface area (Å²) in [7, 11) is 0. The number of aromatic amines is 1. The van der Waals surface area contributed by atoms with Gasteiger partial charge in [-0.15, -0.1) is 11.8 Å². The molecule has 152 valence electrons. The molecule has 1 aromatic heterocycles. The summed E-state index contributed by atoms with van der Waals surface area (Å²) in [5.41, 5.74) is 3.24. The number of thioether (sulfide) groups is 1. The summed E-state index contributed by atoms with van der Waals surface area (Å²) >= 11 is 1.58. The number of anilines is 1. The van der Waals surface area contributed by atoms with Crippen molar-refractivity contribution in [2.75, 3.05) is 25.1 Å². The van der Waals surface area contributed by atoms with Gasteiger partial charge in [0.1, 0.15) is 17.0 Å². The summed E-state index contributed by atoms with van der Waals surface area (Å²) in [5.74, 6) is 1.93. The van der Waals surface area contributed by atoms with Crippen LogP contribution in [0.15, 0.2) is 41.3 Å². The average molecular weight is 413 g/mol. The van der Waals surface area contributed by atoms with E-state index in [1.54, 1.807) is 17.8 Å². The van der Waals surface area contributed by atoms with Crippen LogP contribution in [-0.4, -0.2) is 34.6 Å². The van der Waals surface area contributed by atoms with Crippen molar-refractivity contribution in [3.63, 3.8) is 0 Å². The topological polar surface area (TPSA) is 93.1 Å². The molecular formula is C21H24N4O3S. The number of benzene rings is 2. The molecule has 0 aliphatic carbocycles. The van der Waals surface area contributed by atoms with Gasteiger partial charge in [-0.05, 0) is 31.2 Å². The molecular weight excluding hydrogens is 388 g/mol. The fourth-order valence-corrected chi connectivity index (χ4v) is 4.61. The lowest BCUT2D eigenvalue weighted by atomic mass is 10.0. The molecule has 2 aromatic carbocycles. The van der Waals surface area contributed by atoms with Crippen molar-refractivity contribution in [1.29, 1.82) is 0 Å². The third-order valence-electron chi connectivity index (χ3n) is 5.17. The molecule has 0 bridgehead atoms. The number of ether oxygens (including phenoxy) is 1. The zero-order valence-corrected chi connectivity index (χ0v) is 17.1. The van der Waals surface area contributed by atoms with E-state index < -0.39 is 0 Å². The molecule has 0 amide bonds. The number of nitro benzene ring substituents is 1. The first-order valence-electron chi connectivity index (χ1n) is 9.78. The van der Waals surface area contributed by atoms with Crippen LogP contribution in [0.1, 0.15) is 24.2 Å². The van der Waals surface area contributed by atoms with Gasteiger partial charge in [0.2, 0.25) is 0 Å². The maximum absolute atomic E-state index is 11.8. The minimum atomic E-state index is -0.317. The maximum Gasteiger partial charge on any atom is 0.295 e. The van der Waals surface area contributed by atoms with E-state index in [1.807, 2.05) is 25.1 Å². The number of H-pyrrole nitrogens is 1. The minimum Gasteiger partial charge on any atom is -0.381 e. The SMILES string of the molecule is Cc1nc2c(NCC3CCOCC3)c([N+](=O)[O-])cc(SCc3ccccc3)c2[nH]1. The van der Waals surface area contributed by atoms with Crippen LogP contribution in [0.5, 0.6) is 0 Å². The fraction of sp³-hybridized carbons (Fsp3) is 0.381. The Morgan fingerprint density at radius 2 is 2.07 bits per heavy atom. The van der Waals surface area contributed by atoms with E-state index in [-0.39, 0.29) is 10.6 Å². The highest BCUT2D eigenvalue weighted by molar-refractivity contribution is 7.98. The number of rotatable bonds is 7. The number of nitrogens with one attached hydrogen (secondary N) is 2. The Hall–Kier alpha value is -2.58. The first kappa shape index (κ1) is 19.7. The Morgan fingerprint density at radius 1 is 1.31 bits per heavy atom. The molecule has 1 aliphatic rings. The normalized spacial score (nSPS) is 14.9. The number of nitrogens with zero attached hydrogens (tertiary/aromatic N) is 2. The zero-order chi connectivity index (χ0) is 20.2. The van der Waals surface area contributed by atoms with Crippen molar-refractivity contribution < 1.29 is 9.66 Å². The van der Waals surface area contributed by atoms with Crippen LogP contribution in [0.2, 0.25) is 0 Å². The van der Waals surface area contributed by atoms with Crippen molar-refractivity contribution in [2.45, 2.75) is 30.4 Å². The van der Waals surface area contributed by atoms with Crippen LogP contribution in [0, 0.1) is 23.0 Å². The second-order valence-corrected chi connectivity index (χ2v) is 8.30. The molecule has 4 rings (SSSR count). The van der Waals surface area contributed by atoms with E-state index in [0.717, 1.165) is 48.0 Å². The van der Waals surface area contributed by atoms with Crippen molar-refractivity contribution in [1.82, 2.24) is 9.97 Å². The van der Waals surface area contributed by atoms with Gasteiger partial charge in [0.05, 0.1) is 10.4 Å². The average Bonchev–Trinajstić information content (AvgIpc) is 3.13. The lowest BCUT2D eigenvalue weighted by Crippen LogP contribution is -2.23. The minimum absolute atomic E-state index is 0.0756. The van der Waals surface area contributed by atoms with Crippen molar-refractivity contribution in [2.24, 2.45) is 5.92 Å². The summed E-state index contributed by atoms with van der Waals surface area (Å²) in [6.45, 7) is 4.06. The van der Waals surface area contributed by atoms with Gasteiger partial charge < -0.3 is 15.0 Å². The van der Waals surface area contributed by atoms with Gasteiger partial charge in [-0.3, -0.25) is 10.1 Å². The molecule has 0 atom stereocenters. The van der Waals surface area contributed by atoms with Gasteiger partial charge in [-0.1, -0.05) is 30.3 Å². The molecule has 2 N–H and O–H groups in total. The molecule has 7 nitrogen and oxygen atoms in total. The van der Waals surface area contributed by atoms with Gasteiger partial charge in [-0.2, -0.15) is 0 Å². The van der Waals surface area contributed by atoms with Crippen LogP contribution >= 0.6 is 11.8 Å². The summed E-state index contributed by atoms with van der Waals surface area (Å²) < 4.78 is 5.41. The van der Waals surface area contributed by atoms with Gasteiger partial charge in [-0.25, -0.2) is 4.98 Å². The Kier molecular flexibility index (Phi) is 6.01. The van der Waals surface area contributed by atoms with E-state index in [1.165, 1.54) is 5.56 Å². The molecule has 1 aliphatic heterocycles. The van der Waals surface area contributed by atoms with Crippen LogP contribution < -0.4 is 5.32 Å². The quantitative estimate of drug-likeness (QED) is 0.325. The molecule has 8 heteroatoms. The summed E-state index contributed by atoms with van der Waals surface area (Å²) in [4.78, 5) is 20.2. The van der Waals surface area contributed by atoms with E-state index in [0.29, 0.717) is 23.7 Å². The fourth-order valence-electron chi connectivity index (χ4n) is 3.61. The number of nitro groups is 1. The molecule has 3 aromatic rings. The highest BCUT2D eigenvalue weighted by Gasteiger charge is 2.24. The highest BCUT2D eigenvalue weighted by atomic mass is 32.2. The Balaban J connectivity index is 1.65. The van der Waals surface area contributed by atoms with Gasteiger partial charge in [0.25, 0.3) is 5.69 Å². The maximum atomic E-state index is 11.8.